The highest BCUT2D eigenvalue weighted by molar-refractivity contribution is 7.87. The first kappa shape index (κ1) is 18.6. The molecule has 20 heavy (non-hydrogen) atoms. The van der Waals surface area contributed by atoms with E-state index in [-0.39, 0.29) is 5.57 Å². The van der Waals surface area contributed by atoms with Gasteiger partial charge in [-0.3, -0.25) is 4.55 Å². The van der Waals surface area contributed by atoms with Gasteiger partial charge >= 0.3 is 26.9 Å². The van der Waals surface area contributed by atoms with Crippen molar-refractivity contribution in [2.75, 3.05) is 27.7 Å². The van der Waals surface area contributed by atoms with E-state index in [1.165, 1.54) is 28.1 Å². The van der Waals surface area contributed by atoms with Crippen LogP contribution in [0.25, 0.3) is 0 Å². The molecular weight excluding hydrogens is 290 g/mol. The molecule has 8 nitrogen and oxygen atoms in total. The fourth-order valence-corrected chi connectivity index (χ4v) is 2.97. The second-order valence-electron chi connectivity index (χ2n) is 5.24. The van der Waals surface area contributed by atoms with Crippen LogP contribution in [0.15, 0.2) is 12.2 Å². The standard InChI is InChI=1S/C11H19NO7S/c1-8(2)9(13)19-7-6-11(10(14)15,12(3,4)5)20(16,17)18/h1,6-7H2,2-5H3,(H-,14,15,16,17,18)/p+1. The lowest BCUT2D eigenvalue weighted by Crippen LogP contribution is -2.66. The van der Waals surface area contributed by atoms with E-state index in [1.807, 2.05) is 0 Å². The summed E-state index contributed by atoms with van der Waals surface area (Å²) in [5.74, 6) is -2.49. The van der Waals surface area contributed by atoms with Crippen molar-refractivity contribution >= 4 is 22.1 Å². The third kappa shape index (κ3) is 3.56. The summed E-state index contributed by atoms with van der Waals surface area (Å²) in [5, 5.41) is 9.26. The lowest BCUT2D eigenvalue weighted by molar-refractivity contribution is -0.899. The van der Waals surface area contributed by atoms with E-state index in [2.05, 4.69) is 6.58 Å². The first-order valence-electron chi connectivity index (χ1n) is 5.62. The van der Waals surface area contributed by atoms with E-state index in [4.69, 9.17) is 4.74 Å². The van der Waals surface area contributed by atoms with E-state index in [9.17, 15) is 27.7 Å². The second-order valence-corrected chi connectivity index (χ2v) is 6.87. The number of hydrogen-bond donors (Lipinski definition) is 2. The van der Waals surface area contributed by atoms with Crippen molar-refractivity contribution in [3.63, 3.8) is 0 Å². The quantitative estimate of drug-likeness (QED) is 0.291. The lowest BCUT2D eigenvalue weighted by atomic mass is 10.1. The molecule has 9 heteroatoms. The van der Waals surface area contributed by atoms with Crippen LogP contribution < -0.4 is 0 Å². The Kier molecular flexibility index (Phi) is 5.47. The zero-order valence-corrected chi connectivity index (χ0v) is 12.7. The number of nitrogens with zero attached hydrogens (tertiary/aromatic N) is 1. The molecule has 2 N–H and O–H groups in total. The normalized spacial score (nSPS) is 15.2. The van der Waals surface area contributed by atoms with Crippen molar-refractivity contribution in [1.29, 1.82) is 0 Å². The van der Waals surface area contributed by atoms with Crippen molar-refractivity contribution in [1.82, 2.24) is 0 Å². The molecule has 0 aliphatic rings. The summed E-state index contributed by atoms with van der Waals surface area (Å²) < 4.78 is 36.6. The monoisotopic (exact) mass is 310 g/mol. The smallest absolute Gasteiger partial charge is 0.385 e. The molecule has 0 aromatic carbocycles. The maximum absolute atomic E-state index is 11.6. The lowest BCUT2D eigenvalue weighted by Gasteiger charge is -2.39. The minimum absolute atomic E-state index is 0.100. The number of carbonyl (C=O) groups is 2. The molecule has 116 valence electrons. The minimum Gasteiger partial charge on any atom is -0.476 e. The molecule has 0 aromatic rings. The SMILES string of the molecule is C=C(C)C(=O)OCCC(C(=O)O)([N+](C)(C)C)S(=O)(=O)O. The third-order valence-electron chi connectivity index (χ3n) is 2.87. The summed E-state index contributed by atoms with van der Waals surface area (Å²) >= 11 is 0. The van der Waals surface area contributed by atoms with Crippen molar-refractivity contribution in [2.45, 2.75) is 18.2 Å². The van der Waals surface area contributed by atoms with E-state index in [1.54, 1.807) is 0 Å². The number of ether oxygens (including phenoxy) is 1. The summed E-state index contributed by atoms with van der Waals surface area (Å²) in [5.41, 5.74) is 0.100. The highest BCUT2D eigenvalue weighted by Crippen LogP contribution is 2.29. The van der Waals surface area contributed by atoms with Crippen LogP contribution >= 0.6 is 0 Å². The van der Waals surface area contributed by atoms with Gasteiger partial charge in [-0.1, -0.05) is 6.58 Å². The fourth-order valence-electron chi connectivity index (χ4n) is 1.72. The first-order valence-corrected chi connectivity index (χ1v) is 7.06. The number of hydrogen-bond acceptors (Lipinski definition) is 5. The van der Waals surface area contributed by atoms with Crippen LogP contribution in [0.5, 0.6) is 0 Å². The largest absolute Gasteiger partial charge is 0.476 e. The molecule has 0 aliphatic carbocycles. The molecule has 0 aliphatic heterocycles. The molecule has 0 spiro atoms. The van der Waals surface area contributed by atoms with Crippen molar-refractivity contribution in [2.24, 2.45) is 0 Å². The second kappa shape index (κ2) is 5.90. The first-order chi connectivity index (χ1) is 8.77. The minimum atomic E-state index is -4.94. The molecule has 0 saturated heterocycles. The fraction of sp³-hybridized carbons (Fsp3) is 0.636. The average molecular weight is 310 g/mol. The number of esters is 1. The number of aliphatic carboxylic acids is 1. The molecule has 0 heterocycles. The van der Waals surface area contributed by atoms with Gasteiger partial charge in [0.15, 0.2) is 0 Å². The van der Waals surface area contributed by atoms with Crippen LogP contribution in [0.1, 0.15) is 13.3 Å². The van der Waals surface area contributed by atoms with Crippen molar-refractivity contribution < 1.29 is 36.9 Å². The molecule has 0 radical (unpaired) electrons. The van der Waals surface area contributed by atoms with Crippen LogP contribution in [0, 0.1) is 0 Å². The topological polar surface area (TPSA) is 118 Å². The highest BCUT2D eigenvalue weighted by atomic mass is 32.2. The van der Waals surface area contributed by atoms with Crippen molar-refractivity contribution in [3.05, 3.63) is 12.2 Å². The zero-order valence-electron chi connectivity index (χ0n) is 11.9. The maximum atomic E-state index is 11.6. The Balaban J connectivity index is 5.43. The summed E-state index contributed by atoms with van der Waals surface area (Å²) in [6, 6.07) is 0. The van der Waals surface area contributed by atoms with E-state index < -0.39 is 44.4 Å². The predicted molar refractivity (Wildman–Crippen MR) is 70.3 cm³/mol. The maximum Gasteiger partial charge on any atom is 0.385 e. The van der Waals surface area contributed by atoms with Gasteiger partial charge in [-0.2, -0.15) is 8.42 Å². The summed E-state index contributed by atoms with van der Waals surface area (Å²) in [6.45, 7) is 4.26. The van der Waals surface area contributed by atoms with Gasteiger partial charge in [0.25, 0.3) is 0 Å². The number of carbonyl (C=O) groups excluding carboxylic acids is 1. The molecule has 0 saturated carbocycles. The van der Waals surface area contributed by atoms with Crippen LogP contribution in [0.3, 0.4) is 0 Å². The van der Waals surface area contributed by atoms with Gasteiger partial charge in [-0.15, -0.1) is 0 Å². The van der Waals surface area contributed by atoms with Gasteiger partial charge in [0, 0.05) is 5.57 Å². The van der Waals surface area contributed by atoms with Gasteiger partial charge in [0.1, 0.15) is 0 Å². The number of quaternary nitrogens is 1. The number of carboxylic acid groups (broad SMARTS) is 1. The molecule has 1 unspecified atom stereocenters. The van der Waals surface area contributed by atoms with Gasteiger partial charge in [0.05, 0.1) is 34.2 Å². The Labute approximate surface area is 118 Å². The number of likely N-dealkylation sites (N-methyl/N-ethyl adjacent to an activating group) is 1. The Morgan fingerprint density at radius 2 is 1.75 bits per heavy atom. The predicted octanol–water partition coefficient (Wildman–Crippen LogP) is -0.129. The zero-order chi connectivity index (χ0) is 16.4. The number of rotatable bonds is 7. The third-order valence-corrected chi connectivity index (χ3v) is 4.65. The Morgan fingerprint density at radius 3 is 2.00 bits per heavy atom. The van der Waals surface area contributed by atoms with E-state index >= 15 is 0 Å². The van der Waals surface area contributed by atoms with E-state index in [0.29, 0.717) is 0 Å². The molecule has 0 bridgehead atoms. The van der Waals surface area contributed by atoms with Crippen LogP contribution in [0.2, 0.25) is 0 Å². The van der Waals surface area contributed by atoms with Gasteiger partial charge < -0.3 is 14.3 Å². The number of carboxylic acids is 1. The van der Waals surface area contributed by atoms with E-state index in [0.717, 1.165) is 0 Å². The summed E-state index contributed by atoms with van der Waals surface area (Å²) in [6.07, 6.45) is -0.594. The van der Waals surface area contributed by atoms with Crippen LogP contribution in [-0.4, -0.2) is 67.1 Å². The Hall–Kier alpha value is -1.45. The van der Waals surface area contributed by atoms with Gasteiger partial charge in [0.2, 0.25) is 0 Å². The molecule has 0 rings (SSSR count). The van der Waals surface area contributed by atoms with Gasteiger partial charge in [-0.05, 0) is 6.92 Å². The summed E-state index contributed by atoms with van der Waals surface area (Å²) in [4.78, 5) is 20.1. The van der Waals surface area contributed by atoms with Crippen LogP contribution in [0.4, 0.5) is 0 Å². The highest BCUT2D eigenvalue weighted by Gasteiger charge is 2.61. The van der Waals surface area contributed by atoms with Crippen LogP contribution in [-0.2, 0) is 24.4 Å². The Morgan fingerprint density at radius 1 is 1.30 bits per heavy atom. The molecule has 0 fully saturated rings. The summed E-state index contributed by atoms with van der Waals surface area (Å²) in [7, 11) is -1.02. The molecule has 1 atom stereocenters. The average Bonchev–Trinajstić information content (AvgIpc) is 2.18. The van der Waals surface area contributed by atoms with Crippen molar-refractivity contribution in [3.8, 4) is 0 Å². The molecule has 0 amide bonds. The molecular formula is C11H20NO7S+. The van der Waals surface area contributed by atoms with Gasteiger partial charge in [-0.25, -0.2) is 9.59 Å². The Bertz CT molecular complexity index is 517. The molecule has 0 aromatic heterocycles.